The average Bonchev–Trinajstić information content (AvgIpc) is 2.55. The fraction of sp³-hybridized carbons (Fsp3) is 0.444. The van der Waals surface area contributed by atoms with Crippen molar-refractivity contribution >= 4 is 11.6 Å². The summed E-state index contributed by atoms with van der Waals surface area (Å²) in [5.41, 5.74) is 2.79. The van der Waals surface area contributed by atoms with Gasteiger partial charge in [-0.3, -0.25) is 19.2 Å². The average molecular weight is 312 g/mol. The number of aromatic nitrogens is 2. The maximum absolute atomic E-state index is 12.9. The molecule has 1 aromatic heterocycles. The molecular formula is C18H24N4O. The molecule has 2 aromatic rings. The molecule has 23 heavy (non-hydrogen) atoms. The van der Waals surface area contributed by atoms with E-state index in [2.05, 4.69) is 35.8 Å². The summed E-state index contributed by atoms with van der Waals surface area (Å²) in [7, 11) is 0. The number of rotatable bonds is 3. The Hall–Kier alpha value is -2.14. The summed E-state index contributed by atoms with van der Waals surface area (Å²) in [5.74, 6) is 0.743. The Bertz CT molecular complexity index is 752. The van der Waals surface area contributed by atoms with E-state index in [-0.39, 0.29) is 5.56 Å². The Kier molecular flexibility index (Phi) is 4.22. The van der Waals surface area contributed by atoms with Gasteiger partial charge in [-0.15, -0.1) is 0 Å². The molecule has 3 rings (SSSR count). The van der Waals surface area contributed by atoms with Crippen molar-refractivity contribution in [3.05, 3.63) is 51.9 Å². The lowest BCUT2D eigenvalue weighted by atomic mass is 10.2. The van der Waals surface area contributed by atoms with Gasteiger partial charge in [-0.25, -0.2) is 4.98 Å². The van der Waals surface area contributed by atoms with Gasteiger partial charge in [0.05, 0.1) is 13.3 Å². The van der Waals surface area contributed by atoms with Crippen LogP contribution in [0.25, 0.3) is 0 Å². The SMILES string of the molecule is CCc1c(C)nc2n(c1=O)CN(C(C)C)CN2c1ccccc1. The third kappa shape index (κ3) is 2.77. The summed E-state index contributed by atoms with van der Waals surface area (Å²) < 4.78 is 1.81. The molecular weight excluding hydrogens is 288 g/mol. The zero-order valence-corrected chi connectivity index (χ0v) is 14.3. The molecule has 0 N–H and O–H groups in total. The Morgan fingerprint density at radius 1 is 1.17 bits per heavy atom. The summed E-state index contributed by atoms with van der Waals surface area (Å²) in [4.78, 5) is 22.0. The van der Waals surface area contributed by atoms with Gasteiger partial charge in [-0.1, -0.05) is 25.1 Å². The quantitative estimate of drug-likeness (QED) is 0.874. The van der Waals surface area contributed by atoms with E-state index in [1.54, 1.807) is 0 Å². The standard InChI is InChI=1S/C18H24N4O/c1-5-16-14(4)19-18-21(15-9-7-6-8-10-15)11-20(13(2)3)12-22(18)17(16)23/h6-10,13H,5,11-12H2,1-4H3. The molecule has 0 saturated heterocycles. The molecule has 1 aliphatic heterocycles. The van der Waals surface area contributed by atoms with E-state index in [9.17, 15) is 4.79 Å². The van der Waals surface area contributed by atoms with Crippen LogP contribution in [0.5, 0.6) is 0 Å². The molecule has 1 aliphatic rings. The van der Waals surface area contributed by atoms with Crippen LogP contribution < -0.4 is 10.5 Å². The smallest absolute Gasteiger partial charge is 0.259 e. The number of fused-ring (bicyclic) bond motifs is 1. The number of anilines is 2. The Labute approximate surface area is 137 Å². The Morgan fingerprint density at radius 2 is 1.87 bits per heavy atom. The van der Waals surface area contributed by atoms with E-state index in [1.807, 2.05) is 36.6 Å². The molecule has 0 unspecified atom stereocenters. The topological polar surface area (TPSA) is 41.4 Å². The normalized spacial score (nSPS) is 15.1. The molecule has 0 amide bonds. The zero-order valence-electron chi connectivity index (χ0n) is 14.3. The second kappa shape index (κ2) is 6.16. The second-order valence-corrected chi connectivity index (χ2v) is 6.29. The van der Waals surface area contributed by atoms with Crippen LogP contribution in [0.1, 0.15) is 32.0 Å². The molecule has 0 radical (unpaired) electrons. The fourth-order valence-corrected chi connectivity index (χ4v) is 3.03. The van der Waals surface area contributed by atoms with E-state index in [0.717, 1.165) is 29.6 Å². The number of nitrogens with zero attached hydrogens (tertiary/aromatic N) is 4. The Balaban J connectivity index is 2.19. The molecule has 1 aromatic carbocycles. The number of hydrogen-bond acceptors (Lipinski definition) is 4. The third-order valence-corrected chi connectivity index (χ3v) is 4.49. The van der Waals surface area contributed by atoms with Crippen molar-refractivity contribution in [2.75, 3.05) is 11.6 Å². The summed E-state index contributed by atoms with van der Waals surface area (Å²) >= 11 is 0. The summed E-state index contributed by atoms with van der Waals surface area (Å²) in [5, 5.41) is 0. The van der Waals surface area contributed by atoms with E-state index in [0.29, 0.717) is 19.1 Å². The van der Waals surface area contributed by atoms with Gasteiger partial charge in [0.25, 0.3) is 5.56 Å². The molecule has 122 valence electrons. The van der Waals surface area contributed by atoms with Crippen LogP contribution in [0.3, 0.4) is 0 Å². The third-order valence-electron chi connectivity index (χ3n) is 4.49. The summed E-state index contributed by atoms with van der Waals surface area (Å²) in [6, 6.07) is 10.5. The molecule has 0 spiro atoms. The van der Waals surface area contributed by atoms with Gasteiger partial charge in [0.2, 0.25) is 5.95 Å². The summed E-state index contributed by atoms with van der Waals surface area (Å²) in [6.45, 7) is 9.58. The van der Waals surface area contributed by atoms with Crippen molar-refractivity contribution < 1.29 is 0 Å². The van der Waals surface area contributed by atoms with Gasteiger partial charge < -0.3 is 0 Å². The minimum atomic E-state index is 0.0845. The van der Waals surface area contributed by atoms with Gasteiger partial charge in [0.1, 0.15) is 0 Å². The number of benzene rings is 1. The molecule has 0 saturated carbocycles. The van der Waals surface area contributed by atoms with Gasteiger partial charge in [0.15, 0.2) is 0 Å². The minimum absolute atomic E-state index is 0.0845. The van der Waals surface area contributed by atoms with Crippen LogP contribution in [0.15, 0.2) is 35.1 Å². The molecule has 5 heteroatoms. The van der Waals surface area contributed by atoms with Gasteiger partial charge in [0, 0.05) is 23.0 Å². The molecule has 0 aliphatic carbocycles. The van der Waals surface area contributed by atoms with Crippen LogP contribution >= 0.6 is 0 Å². The highest BCUT2D eigenvalue weighted by molar-refractivity contribution is 5.58. The van der Waals surface area contributed by atoms with E-state index in [1.165, 1.54) is 0 Å². The molecule has 0 fully saturated rings. The highest BCUT2D eigenvalue weighted by atomic mass is 16.1. The monoisotopic (exact) mass is 312 g/mol. The minimum Gasteiger partial charge on any atom is -0.298 e. The maximum Gasteiger partial charge on any atom is 0.259 e. The first-order valence-electron chi connectivity index (χ1n) is 8.19. The first-order chi connectivity index (χ1) is 11.0. The summed E-state index contributed by atoms with van der Waals surface area (Å²) in [6.07, 6.45) is 0.713. The van der Waals surface area contributed by atoms with Crippen molar-refractivity contribution in [3.8, 4) is 0 Å². The van der Waals surface area contributed by atoms with Crippen LogP contribution in [0.4, 0.5) is 11.6 Å². The predicted molar refractivity (Wildman–Crippen MR) is 93.0 cm³/mol. The van der Waals surface area contributed by atoms with Crippen molar-refractivity contribution in [3.63, 3.8) is 0 Å². The first-order valence-corrected chi connectivity index (χ1v) is 8.19. The van der Waals surface area contributed by atoms with E-state index >= 15 is 0 Å². The lowest BCUT2D eigenvalue weighted by molar-refractivity contribution is 0.156. The van der Waals surface area contributed by atoms with Crippen LogP contribution in [-0.4, -0.2) is 27.2 Å². The molecule has 0 bridgehead atoms. The molecule has 5 nitrogen and oxygen atoms in total. The first kappa shape index (κ1) is 15.7. The van der Waals surface area contributed by atoms with Crippen LogP contribution in [0.2, 0.25) is 0 Å². The van der Waals surface area contributed by atoms with Crippen molar-refractivity contribution in [1.82, 2.24) is 14.5 Å². The number of para-hydroxylation sites is 1. The number of hydrogen-bond donors (Lipinski definition) is 0. The van der Waals surface area contributed by atoms with Gasteiger partial charge in [-0.05, 0) is 39.3 Å². The van der Waals surface area contributed by atoms with Crippen molar-refractivity contribution in [2.24, 2.45) is 0 Å². The second-order valence-electron chi connectivity index (χ2n) is 6.29. The molecule has 0 atom stereocenters. The molecule has 2 heterocycles. The van der Waals surface area contributed by atoms with Crippen molar-refractivity contribution in [2.45, 2.75) is 46.8 Å². The fourth-order valence-electron chi connectivity index (χ4n) is 3.03. The van der Waals surface area contributed by atoms with Crippen LogP contribution in [-0.2, 0) is 13.1 Å². The van der Waals surface area contributed by atoms with E-state index < -0.39 is 0 Å². The maximum atomic E-state index is 12.9. The lowest BCUT2D eigenvalue weighted by Crippen LogP contribution is -2.50. The zero-order chi connectivity index (χ0) is 16.6. The van der Waals surface area contributed by atoms with Gasteiger partial charge >= 0.3 is 0 Å². The Morgan fingerprint density at radius 3 is 2.48 bits per heavy atom. The predicted octanol–water partition coefficient (Wildman–Crippen LogP) is 2.89. The highest BCUT2D eigenvalue weighted by Crippen LogP contribution is 2.28. The van der Waals surface area contributed by atoms with Gasteiger partial charge in [-0.2, -0.15) is 0 Å². The lowest BCUT2D eigenvalue weighted by Gasteiger charge is -2.40. The largest absolute Gasteiger partial charge is 0.298 e. The van der Waals surface area contributed by atoms with E-state index in [4.69, 9.17) is 4.98 Å². The van der Waals surface area contributed by atoms with Crippen molar-refractivity contribution in [1.29, 1.82) is 0 Å². The number of aryl methyl sites for hydroxylation is 1. The van der Waals surface area contributed by atoms with Crippen LogP contribution in [0, 0.1) is 6.92 Å². The highest BCUT2D eigenvalue weighted by Gasteiger charge is 2.28.